The Bertz CT molecular complexity index is 353. The summed E-state index contributed by atoms with van der Waals surface area (Å²) in [7, 11) is 0. The molecule has 2 nitrogen and oxygen atoms in total. The van der Waals surface area contributed by atoms with Crippen molar-refractivity contribution in [2.45, 2.75) is 52.6 Å². The summed E-state index contributed by atoms with van der Waals surface area (Å²) in [5.74, 6) is 0.994. The summed E-state index contributed by atoms with van der Waals surface area (Å²) in [5, 5.41) is 3.40. The van der Waals surface area contributed by atoms with Gasteiger partial charge in [-0.1, -0.05) is 26.7 Å². The lowest BCUT2D eigenvalue weighted by Gasteiger charge is -2.31. The Morgan fingerprint density at radius 3 is 2.63 bits per heavy atom. The summed E-state index contributed by atoms with van der Waals surface area (Å²) in [6.07, 6.45) is 5.59. The molecule has 1 aliphatic heterocycles. The van der Waals surface area contributed by atoms with E-state index in [4.69, 9.17) is 0 Å². The fourth-order valence-electron chi connectivity index (χ4n) is 2.91. The van der Waals surface area contributed by atoms with Gasteiger partial charge in [0.05, 0.1) is 0 Å². The zero-order valence-electron chi connectivity index (χ0n) is 12.5. The van der Waals surface area contributed by atoms with E-state index in [1.165, 1.54) is 48.5 Å². The first-order valence-corrected chi connectivity index (χ1v) is 8.64. The third-order valence-corrected chi connectivity index (χ3v) is 5.12. The molecule has 1 saturated heterocycles. The molecule has 108 valence electrons. The highest BCUT2D eigenvalue weighted by Gasteiger charge is 2.18. The Balaban J connectivity index is 1.74. The number of nitrogens with zero attached hydrogens (tertiary/aromatic N) is 1. The summed E-state index contributed by atoms with van der Waals surface area (Å²) in [6, 6.07) is 4.60. The number of likely N-dealkylation sites (tertiary alicyclic amines) is 1. The molecule has 0 bridgehead atoms. The normalized spacial score (nSPS) is 18.0. The van der Waals surface area contributed by atoms with E-state index in [1.807, 2.05) is 11.3 Å². The molecule has 0 saturated carbocycles. The number of hydrogen-bond donors (Lipinski definition) is 1. The lowest BCUT2D eigenvalue weighted by atomic mass is 9.92. The van der Waals surface area contributed by atoms with E-state index in [2.05, 4.69) is 36.2 Å². The monoisotopic (exact) mass is 280 g/mol. The molecule has 3 heteroatoms. The predicted molar refractivity (Wildman–Crippen MR) is 84.6 cm³/mol. The van der Waals surface area contributed by atoms with Crippen LogP contribution in [0.25, 0.3) is 0 Å². The first kappa shape index (κ1) is 15.0. The van der Waals surface area contributed by atoms with Crippen LogP contribution in [0.2, 0.25) is 0 Å². The zero-order valence-corrected chi connectivity index (χ0v) is 13.3. The van der Waals surface area contributed by atoms with Crippen molar-refractivity contribution in [2.75, 3.05) is 19.6 Å². The van der Waals surface area contributed by atoms with Crippen molar-refractivity contribution in [3.63, 3.8) is 0 Å². The number of nitrogens with one attached hydrogen (secondary N) is 1. The molecular formula is C16H28N2S. The molecule has 0 aromatic carbocycles. The molecule has 1 N–H and O–H groups in total. The van der Waals surface area contributed by atoms with Gasteiger partial charge < -0.3 is 5.32 Å². The molecule has 1 aliphatic rings. The van der Waals surface area contributed by atoms with Gasteiger partial charge in [0.15, 0.2) is 0 Å². The van der Waals surface area contributed by atoms with E-state index in [-0.39, 0.29) is 0 Å². The molecule has 0 spiro atoms. The fourth-order valence-corrected chi connectivity index (χ4v) is 3.94. The minimum Gasteiger partial charge on any atom is -0.312 e. The number of rotatable bonds is 7. The second kappa shape index (κ2) is 8.03. The smallest absolute Gasteiger partial charge is 0.0328 e. The first-order chi connectivity index (χ1) is 9.31. The molecule has 19 heavy (non-hydrogen) atoms. The molecule has 0 radical (unpaired) electrons. The standard InChI is InChI=1S/C16H28N2S/c1-3-5-14-8-10-18(11-9-14)13-16-7-6-15(19-16)12-17-4-2/h6-7,14,17H,3-5,8-13H2,1-2H3. The third-order valence-electron chi connectivity index (χ3n) is 4.05. The maximum atomic E-state index is 3.40. The summed E-state index contributed by atoms with van der Waals surface area (Å²) in [6.45, 7) is 10.3. The molecule has 2 heterocycles. The molecule has 0 aliphatic carbocycles. The van der Waals surface area contributed by atoms with E-state index in [0.29, 0.717) is 0 Å². The van der Waals surface area contributed by atoms with Gasteiger partial charge >= 0.3 is 0 Å². The van der Waals surface area contributed by atoms with Crippen LogP contribution in [-0.2, 0) is 13.1 Å². The van der Waals surface area contributed by atoms with Crippen molar-refractivity contribution in [1.29, 1.82) is 0 Å². The Kier molecular flexibility index (Phi) is 6.35. The summed E-state index contributed by atoms with van der Waals surface area (Å²) >= 11 is 1.97. The average molecular weight is 280 g/mol. The minimum absolute atomic E-state index is 0.994. The molecule has 1 aromatic heterocycles. The number of hydrogen-bond acceptors (Lipinski definition) is 3. The first-order valence-electron chi connectivity index (χ1n) is 7.82. The lowest BCUT2D eigenvalue weighted by molar-refractivity contribution is 0.173. The number of thiophene rings is 1. The van der Waals surface area contributed by atoms with Gasteiger partial charge in [0.2, 0.25) is 0 Å². The maximum absolute atomic E-state index is 3.40. The van der Waals surface area contributed by atoms with Crippen LogP contribution in [-0.4, -0.2) is 24.5 Å². The van der Waals surface area contributed by atoms with Gasteiger partial charge in [-0.25, -0.2) is 0 Å². The van der Waals surface area contributed by atoms with Gasteiger partial charge in [-0.05, 0) is 50.5 Å². The van der Waals surface area contributed by atoms with Crippen molar-refractivity contribution in [3.8, 4) is 0 Å². The molecule has 1 fully saturated rings. The van der Waals surface area contributed by atoms with Crippen LogP contribution in [0.15, 0.2) is 12.1 Å². The van der Waals surface area contributed by atoms with E-state index >= 15 is 0 Å². The molecule has 2 rings (SSSR count). The van der Waals surface area contributed by atoms with Gasteiger partial charge in [0.25, 0.3) is 0 Å². The average Bonchev–Trinajstić information content (AvgIpc) is 2.87. The van der Waals surface area contributed by atoms with Crippen molar-refractivity contribution < 1.29 is 0 Å². The van der Waals surface area contributed by atoms with Crippen molar-refractivity contribution in [1.82, 2.24) is 10.2 Å². The van der Waals surface area contributed by atoms with Gasteiger partial charge in [0, 0.05) is 22.8 Å². The molecule has 1 aromatic rings. The highest BCUT2D eigenvalue weighted by Crippen LogP contribution is 2.24. The quantitative estimate of drug-likeness (QED) is 0.815. The van der Waals surface area contributed by atoms with E-state index in [9.17, 15) is 0 Å². The lowest BCUT2D eigenvalue weighted by Crippen LogP contribution is -2.32. The van der Waals surface area contributed by atoms with E-state index in [1.54, 1.807) is 0 Å². The third kappa shape index (κ3) is 4.90. The fraction of sp³-hybridized carbons (Fsp3) is 0.750. The zero-order chi connectivity index (χ0) is 13.5. The van der Waals surface area contributed by atoms with Gasteiger partial charge in [0.1, 0.15) is 0 Å². The van der Waals surface area contributed by atoms with Crippen LogP contribution in [0.4, 0.5) is 0 Å². The highest BCUT2D eigenvalue weighted by atomic mass is 32.1. The molecule has 0 unspecified atom stereocenters. The Hall–Kier alpha value is -0.380. The van der Waals surface area contributed by atoms with Gasteiger partial charge in [-0.3, -0.25) is 4.90 Å². The summed E-state index contributed by atoms with van der Waals surface area (Å²) < 4.78 is 0. The van der Waals surface area contributed by atoms with Crippen molar-refractivity contribution >= 4 is 11.3 Å². The van der Waals surface area contributed by atoms with Crippen LogP contribution < -0.4 is 5.32 Å². The summed E-state index contributed by atoms with van der Waals surface area (Å²) in [4.78, 5) is 5.63. The highest BCUT2D eigenvalue weighted by molar-refractivity contribution is 7.11. The molecule has 0 atom stereocenters. The molecular weight excluding hydrogens is 252 g/mol. The van der Waals surface area contributed by atoms with Crippen LogP contribution in [0.5, 0.6) is 0 Å². The van der Waals surface area contributed by atoms with Crippen molar-refractivity contribution in [2.24, 2.45) is 5.92 Å². The SMILES string of the molecule is CCCC1CCN(Cc2ccc(CNCC)s2)CC1. The van der Waals surface area contributed by atoms with Crippen LogP contribution >= 0.6 is 11.3 Å². The Morgan fingerprint density at radius 1 is 1.21 bits per heavy atom. The maximum Gasteiger partial charge on any atom is 0.0328 e. The Labute approximate surface area is 122 Å². The Morgan fingerprint density at radius 2 is 1.95 bits per heavy atom. The van der Waals surface area contributed by atoms with Gasteiger partial charge in [-0.15, -0.1) is 11.3 Å². The van der Waals surface area contributed by atoms with Crippen molar-refractivity contribution in [3.05, 3.63) is 21.9 Å². The topological polar surface area (TPSA) is 15.3 Å². The van der Waals surface area contributed by atoms with E-state index < -0.39 is 0 Å². The largest absolute Gasteiger partial charge is 0.312 e. The van der Waals surface area contributed by atoms with Crippen LogP contribution in [0.1, 0.15) is 49.3 Å². The second-order valence-electron chi connectivity index (χ2n) is 5.66. The van der Waals surface area contributed by atoms with Crippen LogP contribution in [0, 0.1) is 5.92 Å². The van der Waals surface area contributed by atoms with E-state index in [0.717, 1.165) is 25.6 Å². The predicted octanol–water partition coefficient (Wildman–Crippen LogP) is 3.87. The second-order valence-corrected chi connectivity index (χ2v) is 6.91. The molecule has 0 amide bonds. The summed E-state index contributed by atoms with van der Waals surface area (Å²) in [5.41, 5.74) is 0. The number of piperidine rings is 1. The van der Waals surface area contributed by atoms with Gasteiger partial charge in [-0.2, -0.15) is 0 Å². The minimum atomic E-state index is 0.994. The van der Waals surface area contributed by atoms with Crippen LogP contribution in [0.3, 0.4) is 0 Å².